The number of carbonyl (C=O) groups excluding carboxylic acids is 1. The molecule has 33 heavy (non-hydrogen) atoms. The number of unbranched alkanes of at least 4 members (excludes halogenated alkanes) is 3. The summed E-state index contributed by atoms with van der Waals surface area (Å²) >= 11 is 0. The van der Waals surface area contributed by atoms with E-state index < -0.39 is 0 Å². The Bertz CT molecular complexity index is 932. The first-order chi connectivity index (χ1) is 15.8. The van der Waals surface area contributed by atoms with E-state index in [-0.39, 0.29) is 30.6 Å². The first-order valence-electron chi connectivity index (χ1n) is 12.3. The Morgan fingerprint density at radius 3 is 2.64 bits per heavy atom. The molecule has 1 heterocycles. The number of anilines is 1. The van der Waals surface area contributed by atoms with E-state index >= 15 is 0 Å². The molecule has 0 spiro atoms. The Labute approximate surface area is 198 Å². The summed E-state index contributed by atoms with van der Waals surface area (Å²) in [6.07, 6.45) is 6.67. The molecule has 1 unspecified atom stereocenters. The molecule has 0 aliphatic carbocycles. The molecule has 0 saturated heterocycles. The molecule has 5 heteroatoms. The number of hydrogen-bond donors (Lipinski definition) is 2. The van der Waals surface area contributed by atoms with Crippen LogP contribution in [0.5, 0.6) is 11.5 Å². The minimum atomic E-state index is -0.313. The molecule has 0 radical (unpaired) electrons. The van der Waals surface area contributed by atoms with E-state index in [4.69, 9.17) is 9.47 Å². The summed E-state index contributed by atoms with van der Waals surface area (Å²) in [4.78, 5) is 13.7. The van der Waals surface area contributed by atoms with Gasteiger partial charge in [0.2, 0.25) is 12.7 Å². The standard InChI is InChI=1S/C28H39NO4/c1-5-6-7-8-12-22(21-13-9-14-25-26(21)33-19-32-25)27(31)29-24-18-20(11-10-17-30)15-16-23(24)28(2,3)4/h9,13-16,18,22,30H,5-8,10-12,17,19H2,1-4H3,(H,29,31). The van der Waals surface area contributed by atoms with E-state index in [1.807, 2.05) is 18.2 Å². The molecular weight excluding hydrogens is 414 g/mol. The molecule has 0 saturated carbocycles. The van der Waals surface area contributed by atoms with Gasteiger partial charge in [0.1, 0.15) is 0 Å². The second-order valence-electron chi connectivity index (χ2n) is 9.93. The Balaban J connectivity index is 1.91. The molecule has 180 valence electrons. The van der Waals surface area contributed by atoms with Crippen molar-refractivity contribution in [2.75, 3.05) is 18.7 Å². The van der Waals surface area contributed by atoms with Crippen molar-refractivity contribution < 1.29 is 19.4 Å². The number of para-hydroxylation sites is 1. The van der Waals surface area contributed by atoms with Gasteiger partial charge in [0.15, 0.2) is 11.5 Å². The normalized spacial score (nSPS) is 13.7. The SMILES string of the molecule is CCCCCCC(C(=O)Nc1cc(CCCO)ccc1C(C)(C)C)c1cccc2c1OCO2. The second-order valence-corrected chi connectivity index (χ2v) is 9.93. The number of nitrogens with one attached hydrogen (secondary N) is 1. The fraction of sp³-hybridized carbons (Fsp3) is 0.536. The van der Waals surface area contributed by atoms with Gasteiger partial charge in [-0.1, -0.05) is 77.6 Å². The molecular formula is C28H39NO4. The number of amides is 1. The van der Waals surface area contributed by atoms with Crippen LogP contribution in [0.3, 0.4) is 0 Å². The monoisotopic (exact) mass is 453 g/mol. The third-order valence-electron chi connectivity index (χ3n) is 6.24. The highest BCUT2D eigenvalue weighted by Crippen LogP contribution is 2.41. The molecule has 1 aliphatic heterocycles. The lowest BCUT2D eigenvalue weighted by Crippen LogP contribution is -2.24. The van der Waals surface area contributed by atoms with Crippen LogP contribution in [0.4, 0.5) is 5.69 Å². The number of benzene rings is 2. The molecule has 2 aromatic rings. The Morgan fingerprint density at radius 1 is 1.09 bits per heavy atom. The second kappa shape index (κ2) is 11.6. The van der Waals surface area contributed by atoms with Gasteiger partial charge in [0.25, 0.3) is 0 Å². The smallest absolute Gasteiger partial charge is 0.232 e. The Morgan fingerprint density at radius 2 is 1.91 bits per heavy atom. The molecule has 5 nitrogen and oxygen atoms in total. The van der Waals surface area contributed by atoms with Crippen molar-refractivity contribution in [1.82, 2.24) is 0 Å². The molecule has 1 amide bonds. The van der Waals surface area contributed by atoms with Crippen LogP contribution in [0, 0.1) is 0 Å². The number of hydrogen-bond acceptors (Lipinski definition) is 4. The van der Waals surface area contributed by atoms with Gasteiger partial charge in [-0.05, 0) is 47.9 Å². The summed E-state index contributed by atoms with van der Waals surface area (Å²) in [6.45, 7) is 9.01. The van der Waals surface area contributed by atoms with Crippen molar-refractivity contribution in [3.63, 3.8) is 0 Å². The summed E-state index contributed by atoms with van der Waals surface area (Å²) in [5, 5.41) is 12.5. The molecule has 0 fully saturated rings. The van der Waals surface area contributed by atoms with Gasteiger partial charge >= 0.3 is 0 Å². The lowest BCUT2D eigenvalue weighted by molar-refractivity contribution is -0.117. The first-order valence-corrected chi connectivity index (χ1v) is 12.3. The van der Waals surface area contributed by atoms with Gasteiger partial charge in [0, 0.05) is 17.9 Å². The first kappa shape index (κ1) is 25.1. The van der Waals surface area contributed by atoms with Gasteiger partial charge in [-0.15, -0.1) is 0 Å². The van der Waals surface area contributed by atoms with Crippen molar-refractivity contribution in [2.24, 2.45) is 0 Å². The van der Waals surface area contributed by atoms with Crippen LogP contribution in [0.1, 0.15) is 88.8 Å². The van der Waals surface area contributed by atoms with E-state index in [2.05, 4.69) is 51.2 Å². The van der Waals surface area contributed by atoms with E-state index in [0.29, 0.717) is 17.9 Å². The van der Waals surface area contributed by atoms with Gasteiger partial charge in [0.05, 0.1) is 5.92 Å². The maximum Gasteiger partial charge on any atom is 0.232 e. The highest BCUT2D eigenvalue weighted by molar-refractivity contribution is 5.97. The summed E-state index contributed by atoms with van der Waals surface area (Å²) < 4.78 is 11.3. The highest BCUT2D eigenvalue weighted by Gasteiger charge is 2.29. The van der Waals surface area contributed by atoms with Crippen molar-refractivity contribution in [3.05, 3.63) is 53.1 Å². The molecule has 1 aliphatic rings. The van der Waals surface area contributed by atoms with Crippen LogP contribution < -0.4 is 14.8 Å². The number of carbonyl (C=O) groups is 1. The molecule has 2 N–H and O–H groups in total. The quantitative estimate of drug-likeness (QED) is 0.390. The predicted molar refractivity (Wildman–Crippen MR) is 133 cm³/mol. The molecule has 2 aromatic carbocycles. The third kappa shape index (κ3) is 6.50. The minimum absolute atomic E-state index is 0.0137. The molecule has 1 atom stereocenters. The Hall–Kier alpha value is -2.53. The van der Waals surface area contributed by atoms with Crippen LogP contribution in [-0.2, 0) is 16.6 Å². The summed E-state index contributed by atoms with van der Waals surface area (Å²) in [5.41, 5.74) is 3.86. The average molecular weight is 454 g/mol. The van der Waals surface area contributed by atoms with Crippen LogP contribution in [-0.4, -0.2) is 24.4 Å². The summed E-state index contributed by atoms with van der Waals surface area (Å²) in [5.74, 6) is 1.08. The van der Waals surface area contributed by atoms with Gasteiger partial charge in [-0.2, -0.15) is 0 Å². The van der Waals surface area contributed by atoms with E-state index in [1.165, 1.54) is 6.42 Å². The zero-order valence-corrected chi connectivity index (χ0v) is 20.6. The molecule has 3 rings (SSSR count). The number of fused-ring (bicyclic) bond motifs is 1. The maximum absolute atomic E-state index is 13.7. The van der Waals surface area contributed by atoms with Crippen LogP contribution in [0.15, 0.2) is 36.4 Å². The molecule has 0 aromatic heterocycles. The van der Waals surface area contributed by atoms with Crippen LogP contribution in [0.2, 0.25) is 0 Å². The van der Waals surface area contributed by atoms with Crippen LogP contribution >= 0.6 is 0 Å². The number of aryl methyl sites for hydroxylation is 1. The number of rotatable bonds is 11. The van der Waals surface area contributed by atoms with Crippen molar-refractivity contribution in [2.45, 2.75) is 84.0 Å². The predicted octanol–water partition coefficient (Wildman–Crippen LogP) is 6.33. The van der Waals surface area contributed by atoms with Crippen molar-refractivity contribution >= 4 is 11.6 Å². The fourth-order valence-corrected chi connectivity index (χ4v) is 4.44. The maximum atomic E-state index is 13.7. The lowest BCUT2D eigenvalue weighted by Gasteiger charge is -2.26. The van der Waals surface area contributed by atoms with Crippen molar-refractivity contribution in [1.29, 1.82) is 0 Å². The van der Waals surface area contributed by atoms with Gasteiger partial charge in [-0.25, -0.2) is 0 Å². The van der Waals surface area contributed by atoms with E-state index in [9.17, 15) is 9.90 Å². The van der Waals surface area contributed by atoms with Gasteiger partial charge in [-0.3, -0.25) is 4.79 Å². The zero-order valence-electron chi connectivity index (χ0n) is 20.6. The zero-order chi connectivity index (χ0) is 23.8. The minimum Gasteiger partial charge on any atom is -0.454 e. The Kier molecular flexibility index (Phi) is 8.79. The largest absolute Gasteiger partial charge is 0.454 e. The number of ether oxygens (including phenoxy) is 2. The van der Waals surface area contributed by atoms with Crippen molar-refractivity contribution in [3.8, 4) is 11.5 Å². The topological polar surface area (TPSA) is 67.8 Å². The lowest BCUT2D eigenvalue weighted by atomic mass is 9.84. The third-order valence-corrected chi connectivity index (χ3v) is 6.24. The van der Waals surface area contributed by atoms with E-state index in [0.717, 1.165) is 54.5 Å². The summed E-state index contributed by atoms with van der Waals surface area (Å²) in [6, 6.07) is 12.1. The molecule has 0 bridgehead atoms. The number of aliphatic hydroxyl groups is 1. The highest BCUT2D eigenvalue weighted by atomic mass is 16.7. The van der Waals surface area contributed by atoms with Gasteiger partial charge < -0.3 is 19.9 Å². The average Bonchev–Trinajstić information content (AvgIpc) is 3.26. The summed E-state index contributed by atoms with van der Waals surface area (Å²) in [7, 11) is 0. The fourth-order valence-electron chi connectivity index (χ4n) is 4.44. The van der Waals surface area contributed by atoms with Crippen LogP contribution in [0.25, 0.3) is 0 Å². The number of aliphatic hydroxyl groups excluding tert-OH is 1. The van der Waals surface area contributed by atoms with E-state index in [1.54, 1.807) is 0 Å².